The number of likely N-dealkylation sites (tertiary alicyclic amines) is 1. The van der Waals surface area contributed by atoms with E-state index in [1.807, 2.05) is 6.92 Å². The summed E-state index contributed by atoms with van der Waals surface area (Å²) in [6.45, 7) is 2.77. The Bertz CT molecular complexity index is 1370. The van der Waals surface area contributed by atoms with Gasteiger partial charge in [-0.05, 0) is 37.5 Å². The van der Waals surface area contributed by atoms with Crippen LogP contribution in [0.3, 0.4) is 0 Å². The van der Waals surface area contributed by atoms with Crippen molar-refractivity contribution in [3.05, 3.63) is 65.2 Å². The minimum Gasteiger partial charge on any atom is -0.475 e. The highest BCUT2D eigenvalue weighted by molar-refractivity contribution is 5.98. The van der Waals surface area contributed by atoms with Gasteiger partial charge in [0.05, 0.1) is 29.3 Å². The fraction of sp³-hybridized carbons (Fsp3) is 0.273. The molecule has 1 aliphatic heterocycles. The van der Waals surface area contributed by atoms with Crippen LogP contribution in [0.5, 0.6) is 0 Å². The predicted molar refractivity (Wildman–Crippen MR) is 115 cm³/mol. The molecule has 0 saturated carbocycles. The average Bonchev–Trinajstić information content (AvgIpc) is 3.60. The smallest absolute Gasteiger partial charge is 0.374 e. The second-order valence-electron chi connectivity index (χ2n) is 8.13. The predicted octanol–water partition coefficient (Wildman–Crippen LogP) is 2.81. The van der Waals surface area contributed by atoms with Gasteiger partial charge in [-0.15, -0.1) is 5.10 Å². The van der Waals surface area contributed by atoms with Gasteiger partial charge in [0.15, 0.2) is 0 Å². The molecular formula is C22H20FN7O4. The molecule has 4 heterocycles. The summed E-state index contributed by atoms with van der Waals surface area (Å²) in [5.41, 5.74) is 3.17. The Balaban J connectivity index is 1.31. The number of aromatic amines is 1. The molecular weight excluding hydrogens is 445 g/mol. The number of halogens is 1. The van der Waals surface area contributed by atoms with E-state index < -0.39 is 5.97 Å². The molecule has 1 aliphatic rings. The normalized spacial score (nSPS) is 14.5. The number of carbonyl (C=O) groups excluding carboxylic acids is 1. The van der Waals surface area contributed by atoms with Crippen LogP contribution >= 0.6 is 0 Å². The molecule has 1 saturated heterocycles. The number of nitrogens with one attached hydrogen (secondary N) is 1. The maximum atomic E-state index is 13.7. The van der Waals surface area contributed by atoms with Crippen LogP contribution in [-0.2, 0) is 0 Å². The Morgan fingerprint density at radius 3 is 2.76 bits per heavy atom. The van der Waals surface area contributed by atoms with Gasteiger partial charge in [0.25, 0.3) is 5.91 Å². The summed E-state index contributed by atoms with van der Waals surface area (Å²) in [6, 6.07) is 5.83. The van der Waals surface area contributed by atoms with Crippen molar-refractivity contribution < 1.29 is 23.6 Å². The summed E-state index contributed by atoms with van der Waals surface area (Å²) in [4.78, 5) is 25.9. The molecule has 0 bridgehead atoms. The first-order chi connectivity index (χ1) is 16.4. The molecule has 1 amide bonds. The zero-order valence-electron chi connectivity index (χ0n) is 18.1. The molecule has 0 spiro atoms. The number of aromatic nitrogens is 6. The van der Waals surface area contributed by atoms with Crippen LogP contribution in [-0.4, -0.2) is 65.3 Å². The number of carboxylic acid groups (broad SMARTS) is 1. The summed E-state index contributed by atoms with van der Waals surface area (Å²) >= 11 is 0. The molecule has 4 aromatic rings. The molecule has 1 fully saturated rings. The number of benzene rings is 1. The maximum Gasteiger partial charge on any atom is 0.374 e. The van der Waals surface area contributed by atoms with Gasteiger partial charge in [-0.2, -0.15) is 5.10 Å². The Morgan fingerprint density at radius 1 is 1.24 bits per heavy atom. The van der Waals surface area contributed by atoms with Crippen LogP contribution in [0.15, 0.2) is 41.2 Å². The fourth-order valence-electron chi connectivity index (χ4n) is 4.10. The quantitative estimate of drug-likeness (QED) is 0.458. The van der Waals surface area contributed by atoms with Crippen molar-refractivity contribution >= 4 is 11.9 Å². The maximum absolute atomic E-state index is 13.7. The number of nitrogens with zero attached hydrogens (tertiary/aromatic N) is 6. The molecule has 0 aliphatic carbocycles. The first-order valence-corrected chi connectivity index (χ1v) is 10.6. The number of hydrogen-bond donors (Lipinski definition) is 2. The first kappa shape index (κ1) is 21.5. The molecule has 174 valence electrons. The highest BCUT2D eigenvalue weighted by atomic mass is 19.1. The van der Waals surface area contributed by atoms with Crippen molar-refractivity contribution in [3.8, 4) is 16.9 Å². The van der Waals surface area contributed by atoms with Crippen LogP contribution in [0.4, 0.5) is 4.39 Å². The van der Waals surface area contributed by atoms with Crippen molar-refractivity contribution in [2.45, 2.75) is 25.7 Å². The number of carboxylic acids is 1. The third-order valence-corrected chi connectivity index (χ3v) is 5.98. The Morgan fingerprint density at radius 2 is 2.03 bits per heavy atom. The Hall–Kier alpha value is -4.35. The van der Waals surface area contributed by atoms with Gasteiger partial charge in [-0.25, -0.2) is 13.9 Å². The van der Waals surface area contributed by atoms with E-state index in [2.05, 4.69) is 25.7 Å². The van der Waals surface area contributed by atoms with E-state index in [9.17, 15) is 14.0 Å². The van der Waals surface area contributed by atoms with E-state index >= 15 is 0 Å². The minimum atomic E-state index is -1.16. The third kappa shape index (κ3) is 3.93. The number of aromatic carboxylic acids is 1. The molecule has 11 nitrogen and oxygen atoms in total. The van der Waals surface area contributed by atoms with Crippen molar-refractivity contribution in [2.75, 3.05) is 13.1 Å². The van der Waals surface area contributed by atoms with Gasteiger partial charge in [0, 0.05) is 25.1 Å². The summed E-state index contributed by atoms with van der Waals surface area (Å²) in [5.74, 6) is -1.96. The Kier molecular flexibility index (Phi) is 5.40. The Labute approximate surface area is 192 Å². The third-order valence-electron chi connectivity index (χ3n) is 5.98. The molecule has 5 rings (SSSR count). The van der Waals surface area contributed by atoms with Gasteiger partial charge < -0.3 is 14.5 Å². The molecule has 12 heteroatoms. The van der Waals surface area contributed by atoms with Crippen molar-refractivity contribution in [3.63, 3.8) is 0 Å². The van der Waals surface area contributed by atoms with E-state index in [1.54, 1.807) is 17.2 Å². The van der Waals surface area contributed by atoms with E-state index in [1.165, 1.54) is 29.1 Å². The standard InChI is InChI=1S/C22H20FN7O4/c1-12-2-3-14(23)8-18(12)30-11-17(25-28-30)15-10-24-26-20(15)21(31)29-6-4-13(5-7-29)16-9-19(22(32)33)34-27-16/h2-3,8-11,13H,4-7H2,1H3,(H,24,26)(H,32,33). The monoisotopic (exact) mass is 465 g/mol. The second kappa shape index (κ2) is 8.54. The lowest BCUT2D eigenvalue weighted by molar-refractivity contribution is 0.0649. The number of H-pyrrole nitrogens is 1. The number of piperidine rings is 1. The zero-order valence-corrected chi connectivity index (χ0v) is 18.1. The van der Waals surface area contributed by atoms with E-state index in [-0.39, 0.29) is 29.1 Å². The largest absolute Gasteiger partial charge is 0.475 e. The molecule has 2 N–H and O–H groups in total. The van der Waals surface area contributed by atoms with E-state index in [4.69, 9.17) is 9.63 Å². The fourth-order valence-corrected chi connectivity index (χ4v) is 4.10. The number of amides is 1. The molecule has 34 heavy (non-hydrogen) atoms. The molecule has 0 unspecified atom stereocenters. The lowest BCUT2D eigenvalue weighted by atomic mass is 9.93. The van der Waals surface area contributed by atoms with E-state index in [0.717, 1.165) is 5.56 Å². The van der Waals surface area contributed by atoms with Gasteiger partial charge >= 0.3 is 5.97 Å². The van der Waals surface area contributed by atoms with E-state index in [0.29, 0.717) is 48.6 Å². The van der Waals surface area contributed by atoms with Gasteiger partial charge in [-0.1, -0.05) is 16.4 Å². The minimum absolute atomic E-state index is 0.0107. The van der Waals surface area contributed by atoms with Crippen molar-refractivity contribution in [1.82, 2.24) is 35.2 Å². The summed E-state index contributed by atoms with van der Waals surface area (Å²) < 4.78 is 20.0. The molecule has 0 atom stereocenters. The lowest BCUT2D eigenvalue weighted by Crippen LogP contribution is -2.38. The SMILES string of the molecule is Cc1ccc(F)cc1-n1cc(-c2cn[nH]c2C(=O)N2CCC(c3cc(C(=O)O)on3)CC2)nn1. The zero-order chi connectivity index (χ0) is 23.8. The van der Waals surface area contributed by atoms with Gasteiger partial charge in [0.2, 0.25) is 5.76 Å². The number of hydrogen-bond acceptors (Lipinski definition) is 7. The van der Waals surface area contributed by atoms with Crippen LogP contribution in [0.1, 0.15) is 51.1 Å². The number of carbonyl (C=O) groups is 2. The highest BCUT2D eigenvalue weighted by Crippen LogP contribution is 2.30. The number of rotatable bonds is 5. The highest BCUT2D eigenvalue weighted by Gasteiger charge is 2.29. The second-order valence-corrected chi connectivity index (χ2v) is 8.13. The first-order valence-electron chi connectivity index (χ1n) is 10.6. The average molecular weight is 465 g/mol. The van der Waals surface area contributed by atoms with Crippen LogP contribution in [0, 0.1) is 12.7 Å². The van der Waals surface area contributed by atoms with Crippen LogP contribution < -0.4 is 0 Å². The van der Waals surface area contributed by atoms with Crippen molar-refractivity contribution in [1.29, 1.82) is 0 Å². The topological polar surface area (TPSA) is 143 Å². The van der Waals surface area contributed by atoms with Crippen LogP contribution in [0.2, 0.25) is 0 Å². The summed E-state index contributed by atoms with van der Waals surface area (Å²) in [7, 11) is 0. The summed E-state index contributed by atoms with van der Waals surface area (Å²) in [5, 5.41) is 27.9. The molecule has 1 aromatic carbocycles. The number of aryl methyl sites for hydroxylation is 1. The van der Waals surface area contributed by atoms with Crippen LogP contribution in [0.25, 0.3) is 16.9 Å². The molecule has 3 aromatic heterocycles. The van der Waals surface area contributed by atoms with Gasteiger partial charge in [-0.3, -0.25) is 9.89 Å². The van der Waals surface area contributed by atoms with Gasteiger partial charge in [0.1, 0.15) is 17.2 Å². The lowest BCUT2D eigenvalue weighted by Gasteiger charge is -2.30. The van der Waals surface area contributed by atoms with Crippen molar-refractivity contribution in [2.24, 2.45) is 0 Å². The molecule has 0 radical (unpaired) electrons. The summed E-state index contributed by atoms with van der Waals surface area (Å²) in [6.07, 6.45) is 4.38.